The maximum Gasteiger partial charge on any atom is 0.416 e. The van der Waals surface area contributed by atoms with Gasteiger partial charge in [0, 0.05) is 24.3 Å². The molecule has 1 aliphatic rings. The normalized spacial score (nSPS) is 20.0. The number of carbonyl (C=O) groups is 1. The molecule has 1 aliphatic heterocycles. The lowest BCUT2D eigenvalue weighted by atomic mass is 10.1. The van der Waals surface area contributed by atoms with E-state index in [4.69, 9.17) is 10.5 Å². The van der Waals surface area contributed by atoms with Gasteiger partial charge in [-0.05, 0) is 25.1 Å². The van der Waals surface area contributed by atoms with E-state index in [-0.39, 0.29) is 17.4 Å². The van der Waals surface area contributed by atoms with Gasteiger partial charge in [-0.25, -0.2) is 0 Å². The zero-order valence-electron chi connectivity index (χ0n) is 10.9. The first kappa shape index (κ1) is 14.6. The molecule has 1 amide bonds. The molecule has 2 rings (SSSR count). The number of amides is 1. The number of ether oxygens (including phenoxy) is 1. The molecule has 1 aromatic carbocycles. The molecular weight excluding hydrogens is 273 g/mol. The first-order chi connectivity index (χ1) is 9.27. The van der Waals surface area contributed by atoms with Crippen LogP contribution in [0.15, 0.2) is 18.2 Å². The maximum atomic E-state index is 12.7. The number of carbonyl (C=O) groups excluding carboxylic acids is 1. The summed E-state index contributed by atoms with van der Waals surface area (Å²) in [7, 11) is 0. The van der Waals surface area contributed by atoms with E-state index >= 15 is 0 Å². The Labute approximate surface area is 114 Å². The predicted octanol–water partition coefficient (Wildman–Crippen LogP) is 2.15. The van der Waals surface area contributed by atoms with Crippen molar-refractivity contribution in [1.82, 2.24) is 4.90 Å². The molecule has 0 bridgehead atoms. The summed E-state index contributed by atoms with van der Waals surface area (Å²) in [5.41, 5.74) is 4.41. The van der Waals surface area contributed by atoms with Crippen molar-refractivity contribution in [2.75, 3.05) is 25.4 Å². The Balaban J connectivity index is 2.28. The number of morpholine rings is 1. The van der Waals surface area contributed by atoms with Crippen LogP contribution < -0.4 is 5.73 Å². The van der Waals surface area contributed by atoms with Crippen LogP contribution >= 0.6 is 0 Å². The molecule has 0 aliphatic carbocycles. The minimum Gasteiger partial charge on any atom is -0.399 e. The van der Waals surface area contributed by atoms with Gasteiger partial charge in [-0.3, -0.25) is 4.79 Å². The summed E-state index contributed by atoms with van der Waals surface area (Å²) in [4.78, 5) is 13.7. The number of nitrogen functional groups attached to an aromatic ring is 1. The maximum absolute atomic E-state index is 12.7. The van der Waals surface area contributed by atoms with Crippen LogP contribution in [-0.4, -0.2) is 36.6 Å². The van der Waals surface area contributed by atoms with Crippen LogP contribution in [0.5, 0.6) is 0 Å². The number of hydrogen-bond acceptors (Lipinski definition) is 3. The van der Waals surface area contributed by atoms with E-state index < -0.39 is 17.6 Å². The summed E-state index contributed by atoms with van der Waals surface area (Å²) in [6.07, 6.45) is -4.65. The van der Waals surface area contributed by atoms with Crippen molar-refractivity contribution in [3.63, 3.8) is 0 Å². The molecule has 0 aromatic heterocycles. The third-order valence-electron chi connectivity index (χ3n) is 3.06. The number of nitrogens with zero attached hydrogens (tertiary/aromatic N) is 1. The van der Waals surface area contributed by atoms with Crippen LogP contribution in [0, 0.1) is 0 Å². The van der Waals surface area contributed by atoms with Crippen LogP contribution in [0.2, 0.25) is 0 Å². The van der Waals surface area contributed by atoms with Crippen LogP contribution in [0.1, 0.15) is 22.8 Å². The topological polar surface area (TPSA) is 55.6 Å². The fourth-order valence-electron chi connectivity index (χ4n) is 2.12. The molecule has 4 nitrogen and oxygen atoms in total. The van der Waals surface area contributed by atoms with Crippen molar-refractivity contribution in [3.05, 3.63) is 29.3 Å². The number of rotatable bonds is 1. The highest BCUT2D eigenvalue weighted by Crippen LogP contribution is 2.31. The fraction of sp³-hybridized carbons (Fsp3) is 0.462. The summed E-state index contributed by atoms with van der Waals surface area (Å²) < 4.78 is 43.4. The number of hydrogen-bond donors (Lipinski definition) is 1. The molecule has 110 valence electrons. The van der Waals surface area contributed by atoms with Crippen LogP contribution in [0.3, 0.4) is 0 Å². The van der Waals surface area contributed by atoms with E-state index in [9.17, 15) is 18.0 Å². The zero-order valence-corrected chi connectivity index (χ0v) is 10.9. The molecule has 0 saturated carbocycles. The molecule has 2 N–H and O–H groups in total. The van der Waals surface area contributed by atoms with Gasteiger partial charge < -0.3 is 15.4 Å². The summed E-state index contributed by atoms with van der Waals surface area (Å²) in [5, 5.41) is 0. The van der Waals surface area contributed by atoms with Gasteiger partial charge in [-0.1, -0.05) is 0 Å². The highest BCUT2D eigenvalue weighted by molar-refractivity contribution is 5.95. The standard InChI is InChI=1S/C13H15F3N2O2/c1-8-7-18(2-3-20-8)12(19)9-4-10(13(14,15)16)6-11(17)5-9/h4-6,8H,2-3,7,17H2,1H3. The van der Waals surface area contributed by atoms with E-state index in [2.05, 4.69) is 0 Å². The van der Waals surface area contributed by atoms with E-state index in [0.29, 0.717) is 19.7 Å². The van der Waals surface area contributed by atoms with Crippen LogP contribution in [0.25, 0.3) is 0 Å². The minimum absolute atomic E-state index is 0.0496. The summed E-state index contributed by atoms with van der Waals surface area (Å²) in [5.74, 6) is -0.460. The van der Waals surface area contributed by atoms with Crippen molar-refractivity contribution >= 4 is 11.6 Å². The first-order valence-electron chi connectivity index (χ1n) is 6.16. The second-order valence-corrected chi connectivity index (χ2v) is 4.77. The highest BCUT2D eigenvalue weighted by atomic mass is 19.4. The lowest BCUT2D eigenvalue weighted by molar-refractivity contribution is -0.137. The Bertz CT molecular complexity index is 517. The SMILES string of the molecule is CC1CN(C(=O)c2cc(N)cc(C(F)(F)F)c2)CCO1. The van der Waals surface area contributed by atoms with Gasteiger partial charge in [0.15, 0.2) is 0 Å². The number of anilines is 1. The van der Waals surface area contributed by atoms with Crippen LogP contribution in [0.4, 0.5) is 18.9 Å². The van der Waals surface area contributed by atoms with Crippen molar-refractivity contribution in [2.24, 2.45) is 0 Å². The molecule has 1 fully saturated rings. The van der Waals surface area contributed by atoms with Crippen molar-refractivity contribution in [2.45, 2.75) is 19.2 Å². The highest BCUT2D eigenvalue weighted by Gasteiger charge is 2.32. The van der Waals surface area contributed by atoms with E-state index in [0.717, 1.165) is 12.1 Å². The minimum atomic E-state index is -4.53. The number of benzene rings is 1. The van der Waals surface area contributed by atoms with Gasteiger partial charge in [0.2, 0.25) is 0 Å². The quantitative estimate of drug-likeness (QED) is 0.806. The molecule has 1 unspecified atom stereocenters. The molecular formula is C13H15F3N2O2. The fourth-order valence-corrected chi connectivity index (χ4v) is 2.12. The zero-order chi connectivity index (χ0) is 14.9. The molecule has 1 heterocycles. The second-order valence-electron chi connectivity index (χ2n) is 4.77. The smallest absolute Gasteiger partial charge is 0.399 e. The average Bonchev–Trinajstić information content (AvgIpc) is 2.36. The van der Waals surface area contributed by atoms with Gasteiger partial charge in [0.25, 0.3) is 5.91 Å². The van der Waals surface area contributed by atoms with Crippen molar-refractivity contribution in [1.29, 1.82) is 0 Å². The predicted molar refractivity (Wildman–Crippen MR) is 67.2 cm³/mol. The molecule has 0 radical (unpaired) electrons. The van der Waals surface area contributed by atoms with Crippen molar-refractivity contribution in [3.8, 4) is 0 Å². The number of nitrogens with two attached hydrogens (primary N) is 1. The summed E-state index contributed by atoms with van der Waals surface area (Å²) in [6, 6.07) is 2.91. The lowest BCUT2D eigenvalue weighted by Gasteiger charge is -2.31. The summed E-state index contributed by atoms with van der Waals surface area (Å²) >= 11 is 0. The van der Waals surface area contributed by atoms with Gasteiger partial charge in [0.05, 0.1) is 18.3 Å². The molecule has 1 saturated heterocycles. The average molecular weight is 288 g/mol. The Morgan fingerprint density at radius 3 is 2.70 bits per heavy atom. The third kappa shape index (κ3) is 3.22. The first-order valence-corrected chi connectivity index (χ1v) is 6.16. The Hall–Kier alpha value is -1.76. The Morgan fingerprint density at radius 1 is 1.40 bits per heavy atom. The van der Waals surface area contributed by atoms with Gasteiger partial charge in [-0.15, -0.1) is 0 Å². The largest absolute Gasteiger partial charge is 0.416 e. The number of halogens is 3. The van der Waals surface area contributed by atoms with E-state index in [1.807, 2.05) is 0 Å². The molecule has 1 aromatic rings. The van der Waals surface area contributed by atoms with Gasteiger partial charge in [0.1, 0.15) is 0 Å². The van der Waals surface area contributed by atoms with Crippen LogP contribution in [-0.2, 0) is 10.9 Å². The Morgan fingerprint density at radius 2 is 2.10 bits per heavy atom. The third-order valence-corrected chi connectivity index (χ3v) is 3.06. The molecule has 20 heavy (non-hydrogen) atoms. The van der Waals surface area contributed by atoms with E-state index in [1.54, 1.807) is 6.92 Å². The molecule has 0 spiro atoms. The van der Waals surface area contributed by atoms with E-state index in [1.165, 1.54) is 11.0 Å². The number of alkyl halides is 3. The summed E-state index contributed by atoms with van der Waals surface area (Å²) in [6.45, 7) is 2.90. The second kappa shape index (κ2) is 5.32. The molecule has 7 heteroatoms. The van der Waals surface area contributed by atoms with Crippen molar-refractivity contribution < 1.29 is 22.7 Å². The van der Waals surface area contributed by atoms with Gasteiger partial charge >= 0.3 is 6.18 Å². The van der Waals surface area contributed by atoms with Gasteiger partial charge in [-0.2, -0.15) is 13.2 Å². The Kier molecular flexibility index (Phi) is 3.89. The molecule has 1 atom stereocenters. The lowest BCUT2D eigenvalue weighted by Crippen LogP contribution is -2.44. The monoisotopic (exact) mass is 288 g/mol.